The van der Waals surface area contributed by atoms with Crippen LogP contribution in [-0.2, 0) is 4.74 Å². The van der Waals surface area contributed by atoms with Crippen LogP contribution in [0.3, 0.4) is 0 Å². The molecule has 0 fully saturated rings. The van der Waals surface area contributed by atoms with Gasteiger partial charge in [0.15, 0.2) is 0 Å². The van der Waals surface area contributed by atoms with Crippen LogP contribution in [0.15, 0.2) is 36.4 Å². The number of rotatable bonds is 12. The molecule has 0 aliphatic heterocycles. The molecule has 2 aromatic rings. The van der Waals surface area contributed by atoms with Crippen LogP contribution in [0.2, 0.25) is 10.0 Å². The molecule has 31 heavy (non-hydrogen) atoms. The summed E-state index contributed by atoms with van der Waals surface area (Å²) in [6, 6.07) is 8.61. The molecule has 0 aliphatic rings. The lowest BCUT2D eigenvalue weighted by Gasteiger charge is -2.14. The summed E-state index contributed by atoms with van der Waals surface area (Å²) in [6.45, 7) is 3.97. The molecule has 6 nitrogen and oxygen atoms in total. The summed E-state index contributed by atoms with van der Waals surface area (Å²) in [4.78, 5) is 23.4. The van der Waals surface area contributed by atoms with E-state index in [9.17, 15) is 14.9 Å². The Morgan fingerprint density at radius 3 is 2.45 bits per heavy atom. The Morgan fingerprint density at radius 1 is 1.06 bits per heavy atom. The Balaban J connectivity index is 2.06. The van der Waals surface area contributed by atoms with E-state index < -0.39 is 10.9 Å². The van der Waals surface area contributed by atoms with Gasteiger partial charge >= 0.3 is 5.97 Å². The van der Waals surface area contributed by atoms with Gasteiger partial charge in [-0.15, -0.1) is 0 Å². The average molecular weight is 468 g/mol. The van der Waals surface area contributed by atoms with Crippen molar-refractivity contribution in [2.24, 2.45) is 0 Å². The fourth-order valence-corrected chi connectivity index (χ4v) is 3.55. The first-order valence-corrected chi connectivity index (χ1v) is 11.2. The van der Waals surface area contributed by atoms with E-state index in [2.05, 4.69) is 6.92 Å². The topological polar surface area (TPSA) is 78.7 Å². The second kappa shape index (κ2) is 12.5. The van der Waals surface area contributed by atoms with Gasteiger partial charge in [0.25, 0.3) is 5.69 Å². The molecule has 168 valence electrons. The summed E-state index contributed by atoms with van der Waals surface area (Å²) in [6.07, 6.45) is 7.18. The molecule has 2 aromatic carbocycles. The molecule has 1 unspecified atom stereocenters. The van der Waals surface area contributed by atoms with Crippen molar-refractivity contribution in [2.45, 2.75) is 64.9 Å². The first-order chi connectivity index (χ1) is 14.8. The van der Waals surface area contributed by atoms with E-state index in [1.54, 1.807) is 19.1 Å². The lowest BCUT2D eigenvalue weighted by atomic mass is 10.1. The number of nitro groups is 1. The number of esters is 1. The van der Waals surface area contributed by atoms with Gasteiger partial charge in [0, 0.05) is 17.2 Å². The number of carbonyl (C=O) groups is 1. The summed E-state index contributed by atoms with van der Waals surface area (Å²) < 4.78 is 11.1. The van der Waals surface area contributed by atoms with Crippen molar-refractivity contribution in [3.8, 4) is 11.5 Å². The van der Waals surface area contributed by atoms with E-state index in [1.165, 1.54) is 43.5 Å². The lowest BCUT2D eigenvalue weighted by molar-refractivity contribution is -0.385. The predicted octanol–water partition coefficient (Wildman–Crippen LogP) is 7.99. The summed E-state index contributed by atoms with van der Waals surface area (Å²) in [5.74, 6) is -0.209. The number of nitrogens with zero attached hydrogens (tertiary/aromatic N) is 1. The van der Waals surface area contributed by atoms with Gasteiger partial charge in [-0.25, -0.2) is 4.79 Å². The zero-order valence-corrected chi connectivity index (χ0v) is 19.2. The largest absolute Gasteiger partial charge is 0.459 e. The van der Waals surface area contributed by atoms with Crippen molar-refractivity contribution in [3.05, 3.63) is 62.1 Å². The maximum absolute atomic E-state index is 12.6. The molecule has 8 heteroatoms. The first kappa shape index (κ1) is 25.0. The molecule has 0 amide bonds. The number of ether oxygens (including phenoxy) is 2. The second-order valence-corrected chi connectivity index (χ2v) is 8.23. The highest BCUT2D eigenvalue weighted by Crippen LogP contribution is 2.33. The Hall–Kier alpha value is -2.31. The van der Waals surface area contributed by atoms with Crippen LogP contribution < -0.4 is 4.74 Å². The number of carbonyl (C=O) groups excluding carboxylic acids is 1. The predicted molar refractivity (Wildman–Crippen MR) is 123 cm³/mol. The second-order valence-electron chi connectivity index (χ2n) is 7.39. The molecule has 0 spiro atoms. The third-order valence-electron chi connectivity index (χ3n) is 4.78. The number of nitro benzene ring substituents is 1. The monoisotopic (exact) mass is 467 g/mol. The van der Waals surface area contributed by atoms with Crippen molar-refractivity contribution < 1.29 is 19.2 Å². The van der Waals surface area contributed by atoms with Gasteiger partial charge in [0.1, 0.15) is 17.1 Å². The molecule has 0 radical (unpaired) electrons. The number of hydrogen-bond acceptors (Lipinski definition) is 5. The summed E-state index contributed by atoms with van der Waals surface area (Å²) in [7, 11) is 0. The van der Waals surface area contributed by atoms with E-state index in [1.807, 2.05) is 0 Å². The van der Waals surface area contributed by atoms with E-state index in [0.29, 0.717) is 17.2 Å². The molecule has 0 N–H and O–H groups in total. The number of benzene rings is 2. The summed E-state index contributed by atoms with van der Waals surface area (Å²) in [5, 5.41) is 12.1. The molecular weight excluding hydrogens is 441 g/mol. The zero-order valence-electron chi connectivity index (χ0n) is 17.7. The van der Waals surface area contributed by atoms with Crippen LogP contribution in [0.5, 0.6) is 11.5 Å². The molecule has 0 aromatic heterocycles. The minimum atomic E-state index is -0.752. The maximum atomic E-state index is 12.6. The Labute approximate surface area is 192 Å². The van der Waals surface area contributed by atoms with Crippen molar-refractivity contribution >= 4 is 34.9 Å². The first-order valence-electron chi connectivity index (χ1n) is 10.4. The molecule has 1 atom stereocenters. The standard InChI is InChI=1S/C23H27Cl2NO5/c1-3-4-5-6-7-8-9-16(2)30-23(27)19-15-18(11-12-21(19)26(28)29)31-22-13-10-17(24)14-20(22)25/h10-16H,3-9H2,1-2H3. The number of hydrogen-bond donors (Lipinski definition) is 0. The van der Waals surface area contributed by atoms with Gasteiger partial charge in [0.05, 0.1) is 16.0 Å². The highest BCUT2D eigenvalue weighted by atomic mass is 35.5. The molecule has 2 rings (SSSR count). The molecule has 0 saturated heterocycles. The van der Waals surface area contributed by atoms with Crippen LogP contribution in [0, 0.1) is 10.1 Å². The molecular formula is C23H27Cl2NO5. The Bertz CT molecular complexity index is 904. The van der Waals surface area contributed by atoms with Crippen LogP contribution in [0.4, 0.5) is 5.69 Å². The fourth-order valence-electron chi connectivity index (χ4n) is 3.10. The average Bonchev–Trinajstić information content (AvgIpc) is 2.72. The van der Waals surface area contributed by atoms with Gasteiger partial charge < -0.3 is 9.47 Å². The Morgan fingerprint density at radius 2 is 1.77 bits per heavy atom. The van der Waals surface area contributed by atoms with Gasteiger partial charge in [-0.05, 0) is 44.0 Å². The fraction of sp³-hybridized carbons (Fsp3) is 0.435. The van der Waals surface area contributed by atoms with Crippen molar-refractivity contribution in [1.29, 1.82) is 0 Å². The van der Waals surface area contributed by atoms with Crippen LogP contribution in [-0.4, -0.2) is 17.0 Å². The van der Waals surface area contributed by atoms with Crippen molar-refractivity contribution in [2.75, 3.05) is 0 Å². The van der Waals surface area contributed by atoms with Gasteiger partial charge in [0.2, 0.25) is 0 Å². The summed E-state index contributed by atoms with van der Waals surface area (Å²) >= 11 is 12.0. The SMILES string of the molecule is CCCCCCCCC(C)OC(=O)c1cc(Oc2ccc(Cl)cc2Cl)ccc1[N+](=O)[O-]. The maximum Gasteiger partial charge on any atom is 0.345 e. The van der Waals surface area contributed by atoms with Crippen molar-refractivity contribution in [3.63, 3.8) is 0 Å². The highest BCUT2D eigenvalue weighted by molar-refractivity contribution is 6.35. The Kier molecular flexibility index (Phi) is 10.1. The zero-order chi connectivity index (χ0) is 22.8. The quantitative estimate of drug-likeness (QED) is 0.137. The van der Waals surface area contributed by atoms with Gasteiger partial charge in [-0.3, -0.25) is 10.1 Å². The van der Waals surface area contributed by atoms with E-state index in [-0.39, 0.29) is 28.1 Å². The minimum Gasteiger partial charge on any atom is -0.459 e. The van der Waals surface area contributed by atoms with E-state index in [4.69, 9.17) is 32.7 Å². The van der Waals surface area contributed by atoms with Gasteiger partial charge in [-0.1, -0.05) is 62.2 Å². The van der Waals surface area contributed by atoms with Gasteiger partial charge in [-0.2, -0.15) is 0 Å². The van der Waals surface area contributed by atoms with E-state index >= 15 is 0 Å². The third kappa shape index (κ3) is 8.04. The van der Waals surface area contributed by atoms with Crippen LogP contribution in [0.1, 0.15) is 69.2 Å². The molecule has 0 aliphatic carbocycles. The van der Waals surface area contributed by atoms with Crippen molar-refractivity contribution in [1.82, 2.24) is 0 Å². The van der Waals surface area contributed by atoms with Crippen LogP contribution >= 0.6 is 23.2 Å². The molecule has 0 saturated carbocycles. The van der Waals surface area contributed by atoms with Crippen LogP contribution in [0.25, 0.3) is 0 Å². The minimum absolute atomic E-state index is 0.164. The number of unbranched alkanes of at least 4 members (excludes halogenated alkanes) is 5. The molecule has 0 heterocycles. The lowest BCUT2D eigenvalue weighted by Crippen LogP contribution is -2.16. The smallest absolute Gasteiger partial charge is 0.345 e. The number of halogens is 2. The van der Waals surface area contributed by atoms with E-state index in [0.717, 1.165) is 19.3 Å². The highest BCUT2D eigenvalue weighted by Gasteiger charge is 2.24. The third-order valence-corrected chi connectivity index (χ3v) is 5.31. The summed E-state index contributed by atoms with van der Waals surface area (Å²) in [5.41, 5.74) is -0.506. The normalized spacial score (nSPS) is 11.7. The molecule has 0 bridgehead atoms.